The Labute approximate surface area is 60.6 Å². The number of carbonyl (C=O) groups is 1. The molecular weight excluding hydrogens is 134 g/mol. The minimum atomic E-state index is -0.157. The molecule has 0 heterocycles. The first-order chi connectivity index (χ1) is 4.72. The van der Waals surface area contributed by atoms with E-state index in [9.17, 15) is 4.79 Å². The number of amides is 2. The van der Waals surface area contributed by atoms with Gasteiger partial charge in [-0.05, 0) is 0 Å². The molecule has 2 amide bonds. The monoisotopic (exact) mass is 149 g/mol. The van der Waals surface area contributed by atoms with Gasteiger partial charge in [-0.1, -0.05) is 0 Å². The second-order valence-electron chi connectivity index (χ2n) is 1.34. The van der Waals surface area contributed by atoms with Gasteiger partial charge < -0.3 is 21.5 Å². The summed E-state index contributed by atoms with van der Waals surface area (Å²) in [5.41, 5.74) is 4.78. The van der Waals surface area contributed by atoms with E-state index in [1.54, 1.807) is 14.1 Å². The summed E-state index contributed by atoms with van der Waals surface area (Å²) in [7, 11) is 3.14. The maximum atomic E-state index is 9.96. The Kier molecular flexibility index (Phi) is 13.2. The maximum Gasteiger partial charge on any atom is 0.314 e. The fourth-order valence-electron chi connectivity index (χ4n) is 0.125. The minimum Gasteiger partial charge on any atom is -0.395 e. The summed E-state index contributed by atoms with van der Waals surface area (Å²) < 4.78 is 0. The van der Waals surface area contributed by atoms with Crippen molar-refractivity contribution < 1.29 is 9.90 Å². The van der Waals surface area contributed by atoms with Gasteiger partial charge in [0.2, 0.25) is 0 Å². The van der Waals surface area contributed by atoms with Gasteiger partial charge >= 0.3 is 6.03 Å². The molecule has 0 fully saturated rings. The largest absolute Gasteiger partial charge is 0.395 e. The van der Waals surface area contributed by atoms with E-state index in [0.29, 0.717) is 6.54 Å². The van der Waals surface area contributed by atoms with Crippen molar-refractivity contribution in [2.24, 2.45) is 5.73 Å². The second-order valence-corrected chi connectivity index (χ2v) is 1.34. The first kappa shape index (κ1) is 11.9. The van der Waals surface area contributed by atoms with Crippen molar-refractivity contribution in [3.05, 3.63) is 0 Å². The molecule has 0 aliphatic heterocycles. The van der Waals surface area contributed by atoms with Crippen molar-refractivity contribution in [3.8, 4) is 0 Å². The Balaban J connectivity index is 0. The van der Waals surface area contributed by atoms with Crippen molar-refractivity contribution in [3.63, 3.8) is 0 Å². The summed E-state index contributed by atoms with van der Waals surface area (Å²) in [5.74, 6) is 0. The van der Waals surface area contributed by atoms with Crippen LogP contribution in [0.4, 0.5) is 4.79 Å². The van der Waals surface area contributed by atoms with Crippen LogP contribution in [0.1, 0.15) is 0 Å². The molecule has 0 radical (unpaired) electrons. The number of urea groups is 1. The Morgan fingerprint density at radius 3 is 1.80 bits per heavy atom. The van der Waals surface area contributed by atoms with E-state index in [1.165, 1.54) is 0 Å². The normalized spacial score (nSPS) is 7.20. The molecule has 0 aromatic heterocycles. The first-order valence-electron chi connectivity index (χ1n) is 2.93. The van der Waals surface area contributed by atoms with Gasteiger partial charge in [-0.25, -0.2) is 4.79 Å². The summed E-state index contributed by atoms with van der Waals surface area (Å²) in [6.45, 7) is 0.472. The lowest BCUT2D eigenvalue weighted by atomic mass is 10.8. The van der Waals surface area contributed by atoms with E-state index in [-0.39, 0.29) is 12.6 Å². The molecule has 0 aliphatic rings. The van der Waals surface area contributed by atoms with Crippen LogP contribution in [0.25, 0.3) is 0 Å². The quantitative estimate of drug-likeness (QED) is 0.365. The van der Waals surface area contributed by atoms with Crippen molar-refractivity contribution in [2.45, 2.75) is 0 Å². The van der Waals surface area contributed by atoms with Gasteiger partial charge in [0.15, 0.2) is 0 Å². The number of hydrogen-bond donors (Lipinski definition) is 4. The van der Waals surface area contributed by atoms with Gasteiger partial charge in [-0.2, -0.15) is 0 Å². The molecule has 0 bridgehead atoms. The number of aliphatic hydroxyl groups excluding tert-OH is 1. The molecule has 0 rings (SSSR count). The zero-order chi connectivity index (χ0) is 8.41. The van der Waals surface area contributed by atoms with Crippen LogP contribution in [0.5, 0.6) is 0 Å². The molecule has 0 aromatic rings. The molecule has 5 nitrogen and oxygen atoms in total. The van der Waals surface area contributed by atoms with Gasteiger partial charge in [0, 0.05) is 20.6 Å². The molecule has 10 heavy (non-hydrogen) atoms. The lowest BCUT2D eigenvalue weighted by Gasteiger charge is -1.91. The zero-order valence-electron chi connectivity index (χ0n) is 6.35. The first-order valence-corrected chi connectivity index (χ1v) is 2.93. The zero-order valence-corrected chi connectivity index (χ0v) is 6.35. The summed E-state index contributed by atoms with van der Waals surface area (Å²) in [4.78, 5) is 9.96. The lowest BCUT2D eigenvalue weighted by molar-refractivity contribution is 0.245. The van der Waals surface area contributed by atoms with Crippen LogP contribution in [0.15, 0.2) is 0 Å². The Morgan fingerprint density at radius 2 is 1.80 bits per heavy atom. The van der Waals surface area contributed by atoms with Gasteiger partial charge in [-0.3, -0.25) is 0 Å². The van der Waals surface area contributed by atoms with Crippen molar-refractivity contribution >= 4 is 6.03 Å². The van der Waals surface area contributed by atoms with Crippen LogP contribution in [0.2, 0.25) is 0 Å². The van der Waals surface area contributed by atoms with Crippen LogP contribution in [-0.4, -0.2) is 38.4 Å². The average Bonchev–Trinajstić information content (AvgIpc) is 2.03. The van der Waals surface area contributed by atoms with E-state index in [1.807, 2.05) is 0 Å². The summed E-state index contributed by atoms with van der Waals surface area (Å²) in [6.07, 6.45) is 0. The maximum absolute atomic E-state index is 9.96. The predicted molar refractivity (Wildman–Crippen MR) is 39.7 cm³/mol. The van der Waals surface area contributed by atoms with E-state index < -0.39 is 0 Å². The van der Waals surface area contributed by atoms with E-state index >= 15 is 0 Å². The van der Waals surface area contributed by atoms with E-state index in [4.69, 9.17) is 10.8 Å². The Hall–Kier alpha value is -0.810. The highest BCUT2D eigenvalue weighted by Gasteiger charge is 1.81. The number of nitrogens with two attached hydrogens (primary N) is 1. The summed E-state index contributed by atoms with van der Waals surface area (Å²) in [5, 5.41) is 12.5. The highest BCUT2D eigenvalue weighted by molar-refractivity contribution is 5.72. The molecule has 0 aromatic carbocycles. The number of hydrogen-bond acceptors (Lipinski definition) is 3. The number of rotatable bonds is 1. The van der Waals surface area contributed by atoms with Crippen molar-refractivity contribution in [1.29, 1.82) is 0 Å². The molecule has 0 aliphatic carbocycles. The molecule has 0 unspecified atom stereocenters. The molecule has 5 heteroatoms. The lowest BCUT2D eigenvalue weighted by Crippen LogP contribution is -2.28. The third-order valence-electron chi connectivity index (χ3n) is 0.583. The molecule has 62 valence electrons. The summed E-state index contributed by atoms with van der Waals surface area (Å²) >= 11 is 0. The van der Waals surface area contributed by atoms with E-state index in [2.05, 4.69) is 10.6 Å². The average molecular weight is 149 g/mol. The fourth-order valence-corrected chi connectivity index (χ4v) is 0.125. The molecule has 0 saturated carbocycles. The smallest absolute Gasteiger partial charge is 0.314 e. The van der Waals surface area contributed by atoms with Crippen LogP contribution >= 0.6 is 0 Å². The van der Waals surface area contributed by atoms with Crippen LogP contribution in [-0.2, 0) is 0 Å². The van der Waals surface area contributed by atoms with Crippen LogP contribution in [0, 0.1) is 0 Å². The van der Waals surface area contributed by atoms with Gasteiger partial charge in [0.05, 0.1) is 6.61 Å². The van der Waals surface area contributed by atoms with Gasteiger partial charge in [0.1, 0.15) is 0 Å². The van der Waals surface area contributed by atoms with Crippen LogP contribution < -0.4 is 16.4 Å². The number of nitrogens with one attached hydrogen (secondary N) is 2. The molecule has 5 N–H and O–H groups in total. The number of carbonyl (C=O) groups excluding carboxylic acids is 1. The van der Waals surface area contributed by atoms with E-state index in [0.717, 1.165) is 0 Å². The standard InChI is InChI=1S/C3H8N2O.C2H7NO/c1-4-3(6)5-2;3-1-2-4/h1-2H3,(H2,4,5,6);4H,1-3H2. The summed E-state index contributed by atoms with van der Waals surface area (Å²) in [6, 6.07) is -0.157. The third kappa shape index (κ3) is 15.7. The molecule has 0 atom stereocenters. The van der Waals surface area contributed by atoms with Crippen molar-refractivity contribution in [1.82, 2.24) is 10.6 Å². The van der Waals surface area contributed by atoms with Gasteiger partial charge in [-0.15, -0.1) is 0 Å². The predicted octanol–water partition coefficient (Wildman–Crippen LogP) is -1.52. The van der Waals surface area contributed by atoms with Crippen LogP contribution in [0.3, 0.4) is 0 Å². The topological polar surface area (TPSA) is 87.4 Å². The molecule has 0 saturated heterocycles. The number of aliphatic hydroxyl groups is 1. The van der Waals surface area contributed by atoms with Crippen molar-refractivity contribution in [2.75, 3.05) is 27.2 Å². The Bertz CT molecular complexity index is 69.3. The highest BCUT2D eigenvalue weighted by Crippen LogP contribution is 1.48. The second kappa shape index (κ2) is 11.0. The Morgan fingerprint density at radius 1 is 1.50 bits per heavy atom. The van der Waals surface area contributed by atoms with Gasteiger partial charge in [0.25, 0.3) is 0 Å². The molecular formula is C5H15N3O2. The highest BCUT2D eigenvalue weighted by atomic mass is 16.3. The third-order valence-corrected chi connectivity index (χ3v) is 0.583. The molecule has 0 spiro atoms. The fraction of sp³-hybridized carbons (Fsp3) is 0.800. The SMILES string of the molecule is CNC(=O)NC.NCCO. The minimum absolute atomic E-state index is 0.0972.